The van der Waals surface area contributed by atoms with Gasteiger partial charge in [-0.3, -0.25) is 14.4 Å². The van der Waals surface area contributed by atoms with E-state index in [9.17, 15) is 18.8 Å². The number of hydrogen-bond acceptors (Lipinski definition) is 3. The number of halogens is 1. The summed E-state index contributed by atoms with van der Waals surface area (Å²) in [7, 11) is 0. The normalized spacial score (nSPS) is 12.9. The highest BCUT2D eigenvalue weighted by molar-refractivity contribution is 5.99. The predicted molar refractivity (Wildman–Crippen MR) is 91.0 cm³/mol. The molecular weight excluding hydrogens is 323 g/mol. The second kappa shape index (κ2) is 8.19. The maximum Gasteiger partial charge on any atom is 0.244 e. The van der Waals surface area contributed by atoms with Crippen LogP contribution in [0.2, 0.25) is 0 Å². The highest BCUT2D eigenvalue weighted by Crippen LogP contribution is 2.16. The Balaban J connectivity index is 2.05. The second-order valence-electron chi connectivity index (χ2n) is 5.76. The lowest BCUT2D eigenvalue weighted by Gasteiger charge is -2.18. The van der Waals surface area contributed by atoms with Crippen molar-refractivity contribution in [1.29, 1.82) is 0 Å². The third-order valence-corrected chi connectivity index (χ3v) is 3.82. The molecule has 130 valence electrons. The lowest BCUT2D eigenvalue weighted by atomic mass is 9.97. The third kappa shape index (κ3) is 4.73. The molecule has 6 heteroatoms. The Hall–Kier alpha value is -3.02. The molecule has 2 amide bonds. The number of rotatable bonds is 7. The number of carbonyl (C=O) groups excluding carboxylic acids is 3. The molecule has 5 nitrogen and oxygen atoms in total. The van der Waals surface area contributed by atoms with E-state index in [2.05, 4.69) is 5.32 Å². The minimum absolute atomic E-state index is 0.0586. The summed E-state index contributed by atoms with van der Waals surface area (Å²) in [5, 5.41) is 2.54. The van der Waals surface area contributed by atoms with Crippen LogP contribution in [0.1, 0.15) is 35.3 Å². The molecule has 0 heterocycles. The summed E-state index contributed by atoms with van der Waals surface area (Å²) in [5.41, 5.74) is 5.85. The van der Waals surface area contributed by atoms with Crippen molar-refractivity contribution in [3.8, 4) is 0 Å². The van der Waals surface area contributed by atoms with Gasteiger partial charge in [-0.25, -0.2) is 4.39 Å². The van der Waals surface area contributed by atoms with E-state index < -0.39 is 35.4 Å². The number of carbonyl (C=O) groups is 3. The molecule has 2 aromatic carbocycles. The fourth-order valence-corrected chi connectivity index (χ4v) is 2.42. The van der Waals surface area contributed by atoms with Gasteiger partial charge in [0.1, 0.15) is 11.9 Å². The number of benzene rings is 2. The average molecular weight is 342 g/mol. The van der Waals surface area contributed by atoms with Gasteiger partial charge in [-0.1, -0.05) is 49.4 Å². The van der Waals surface area contributed by atoms with Gasteiger partial charge in [0.05, 0.1) is 5.56 Å². The number of primary amides is 1. The Morgan fingerprint density at radius 2 is 1.64 bits per heavy atom. The van der Waals surface area contributed by atoms with E-state index in [1.807, 2.05) is 0 Å². The Morgan fingerprint density at radius 1 is 1.04 bits per heavy atom. The van der Waals surface area contributed by atoms with E-state index in [1.165, 1.54) is 25.1 Å². The number of nitrogens with two attached hydrogens (primary N) is 1. The van der Waals surface area contributed by atoms with Gasteiger partial charge < -0.3 is 11.1 Å². The van der Waals surface area contributed by atoms with Crippen LogP contribution in [-0.4, -0.2) is 17.6 Å². The summed E-state index contributed by atoms with van der Waals surface area (Å²) in [6, 6.07) is 13.2. The molecule has 0 aliphatic carbocycles. The van der Waals surface area contributed by atoms with Crippen molar-refractivity contribution in [1.82, 2.24) is 5.32 Å². The molecule has 2 atom stereocenters. The maximum absolute atomic E-state index is 13.6. The van der Waals surface area contributed by atoms with Crippen molar-refractivity contribution in [3.05, 3.63) is 71.5 Å². The van der Waals surface area contributed by atoms with Crippen LogP contribution in [0, 0.1) is 11.7 Å². The molecule has 2 rings (SSSR count). The van der Waals surface area contributed by atoms with Crippen LogP contribution in [0.4, 0.5) is 4.39 Å². The quantitative estimate of drug-likeness (QED) is 0.757. The van der Waals surface area contributed by atoms with Gasteiger partial charge in [-0.05, 0) is 17.7 Å². The molecular formula is C19H19FN2O3. The smallest absolute Gasteiger partial charge is 0.244 e. The van der Waals surface area contributed by atoms with Crippen LogP contribution in [0.25, 0.3) is 0 Å². The average Bonchev–Trinajstić information content (AvgIpc) is 2.60. The maximum atomic E-state index is 13.6. The fraction of sp³-hybridized carbons (Fsp3) is 0.211. The molecule has 0 aliphatic rings. The first-order valence-electron chi connectivity index (χ1n) is 7.82. The number of amides is 2. The van der Waals surface area contributed by atoms with Crippen LogP contribution in [0.5, 0.6) is 0 Å². The molecule has 0 unspecified atom stereocenters. The first-order chi connectivity index (χ1) is 11.9. The van der Waals surface area contributed by atoms with Gasteiger partial charge in [-0.2, -0.15) is 0 Å². The number of Topliss-reactive ketones (excluding diaryl/α,β-unsaturated/α-hetero) is 1. The zero-order chi connectivity index (χ0) is 18.4. The highest BCUT2D eigenvalue weighted by Gasteiger charge is 2.25. The van der Waals surface area contributed by atoms with Crippen molar-refractivity contribution in [2.75, 3.05) is 0 Å². The Morgan fingerprint density at radius 3 is 2.24 bits per heavy atom. The first-order valence-corrected chi connectivity index (χ1v) is 7.82. The van der Waals surface area contributed by atoms with Gasteiger partial charge in [0.25, 0.3) is 0 Å². The van der Waals surface area contributed by atoms with Crippen LogP contribution < -0.4 is 11.1 Å². The summed E-state index contributed by atoms with van der Waals surface area (Å²) in [6.07, 6.45) is -0.174. The van der Waals surface area contributed by atoms with Crippen molar-refractivity contribution < 1.29 is 18.8 Å². The molecule has 0 radical (unpaired) electrons. The lowest BCUT2D eigenvalue weighted by molar-refractivity contribution is -0.129. The molecule has 0 saturated carbocycles. The van der Waals surface area contributed by atoms with Gasteiger partial charge in [-0.15, -0.1) is 0 Å². The molecule has 0 saturated heterocycles. The van der Waals surface area contributed by atoms with Crippen LogP contribution in [0.15, 0.2) is 54.6 Å². The van der Waals surface area contributed by atoms with Gasteiger partial charge in [0.2, 0.25) is 11.8 Å². The minimum atomic E-state index is -0.986. The Kier molecular flexibility index (Phi) is 6.00. The SMILES string of the molecule is C[C@@H](CC(=O)c1ccccc1F)C(=O)N[C@@H](C(N)=O)c1ccccc1. The lowest BCUT2D eigenvalue weighted by Crippen LogP contribution is -2.40. The number of nitrogens with one attached hydrogen (secondary N) is 1. The van der Waals surface area contributed by atoms with Crippen molar-refractivity contribution in [2.24, 2.45) is 11.7 Å². The van der Waals surface area contributed by atoms with Crippen LogP contribution in [0.3, 0.4) is 0 Å². The highest BCUT2D eigenvalue weighted by atomic mass is 19.1. The second-order valence-corrected chi connectivity index (χ2v) is 5.76. The van der Waals surface area contributed by atoms with Crippen molar-refractivity contribution in [3.63, 3.8) is 0 Å². The Bertz CT molecular complexity index is 777. The van der Waals surface area contributed by atoms with Crippen molar-refractivity contribution in [2.45, 2.75) is 19.4 Å². The zero-order valence-corrected chi connectivity index (χ0v) is 13.7. The predicted octanol–water partition coefficient (Wildman–Crippen LogP) is 2.38. The summed E-state index contributed by atoms with van der Waals surface area (Å²) < 4.78 is 13.6. The topological polar surface area (TPSA) is 89.3 Å². The molecule has 0 fully saturated rings. The number of ketones is 1. The first kappa shape index (κ1) is 18.3. The van der Waals surface area contributed by atoms with Crippen LogP contribution >= 0.6 is 0 Å². The summed E-state index contributed by atoms with van der Waals surface area (Å²) in [5.74, 6) is -3.04. The molecule has 0 spiro atoms. The summed E-state index contributed by atoms with van der Waals surface area (Å²) in [4.78, 5) is 36.1. The standard InChI is InChI=1S/C19H19FN2O3/c1-12(11-16(23)14-9-5-6-10-15(14)20)19(25)22-17(18(21)24)13-7-3-2-4-8-13/h2-10,12,17H,11H2,1H3,(H2,21,24)(H,22,25)/t12-,17+/m0/s1. The minimum Gasteiger partial charge on any atom is -0.368 e. The summed E-state index contributed by atoms with van der Waals surface area (Å²) >= 11 is 0. The van der Waals surface area contributed by atoms with E-state index in [1.54, 1.807) is 36.4 Å². The van der Waals surface area contributed by atoms with E-state index in [-0.39, 0.29) is 12.0 Å². The zero-order valence-electron chi connectivity index (χ0n) is 13.7. The third-order valence-electron chi connectivity index (χ3n) is 3.82. The van der Waals surface area contributed by atoms with E-state index in [0.717, 1.165) is 0 Å². The largest absolute Gasteiger partial charge is 0.368 e. The van der Waals surface area contributed by atoms with Crippen molar-refractivity contribution >= 4 is 17.6 Å². The van der Waals surface area contributed by atoms with E-state index in [4.69, 9.17) is 5.73 Å². The fourth-order valence-electron chi connectivity index (χ4n) is 2.42. The molecule has 25 heavy (non-hydrogen) atoms. The summed E-state index contributed by atoms with van der Waals surface area (Å²) in [6.45, 7) is 1.54. The monoisotopic (exact) mass is 342 g/mol. The molecule has 0 bridgehead atoms. The van der Waals surface area contributed by atoms with Crippen LogP contribution in [-0.2, 0) is 9.59 Å². The Labute approximate surface area is 145 Å². The van der Waals surface area contributed by atoms with Gasteiger partial charge in [0, 0.05) is 12.3 Å². The molecule has 0 aliphatic heterocycles. The van der Waals surface area contributed by atoms with E-state index >= 15 is 0 Å². The van der Waals surface area contributed by atoms with E-state index in [0.29, 0.717) is 5.56 Å². The van der Waals surface area contributed by atoms with Gasteiger partial charge in [0.15, 0.2) is 5.78 Å². The molecule has 0 aromatic heterocycles. The molecule has 2 aromatic rings. The number of hydrogen-bond donors (Lipinski definition) is 2. The van der Waals surface area contributed by atoms with Gasteiger partial charge >= 0.3 is 0 Å². The molecule has 3 N–H and O–H groups in total.